The first kappa shape index (κ1) is 12.4. The van der Waals surface area contributed by atoms with Gasteiger partial charge in [0.15, 0.2) is 5.13 Å². The van der Waals surface area contributed by atoms with Crippen molar-refractivity contribution < 1.29 is 9.90 Å². The number of carboxylic acid groups (broad SMARTS) is 1. The predicted octanol–water partition coefficient (Wildman–Crippen LogP) is 2.86. The van der Waals surface area contributed by atoms with Gasteiger partial charge in [0.2, 0.25) is 0 Å². The molecule has 5 heteroatoms. The van der Waals surface area contributed by atoms with Crippen molar-refractivity contribution in [2.45, 2.75) is 51.5 Å². The fraction of sp³-hybridized carbons (Fsp3) is 0.667. The van der Waals surface area contributed by atoms with Crippen molar-refractivity contribution in [3.63, 3.8) is 0 Å². The number of hydrogen-bond donors (Lipinski definition) is 2. The van der Waals surface area contributed by atoms with Crippen LogP contribution in [-0.2, 0) is 11.2 Å². The molecule has 2 unspecified atom stereocenters. The van der Waals surface area contributed by atoms with Crippen molar-refractivity contribution in [2.75, 3.05) is 5.32 Å². The van der Waals surface area contributed by atoms with Crippen LogP contribution < -0.4 is 5.32 Å². The highest BCUT2D eigenvalue weighted by Gasteiger charge is 2.32. The number of hydrogen-bond acceptors (Lipinski definition) is 4. The zero-order valence-corrected chi connectivity index (χ0v) is 11.0. The molecule has 0 spiro atoms. The van der Waals surface area contributed by atoms with E-state index >= 15 is 0 Å². The number of carboxylic acids is 1. The minimum absolute atomic E-state index is 0.390. The lowest BCUT2D eigenvalue weighted by Crippen LogP contribution is -2.15. The molecule has 1 aromatic rings. The molecule has 1 aliphatic rings. The fourth-order valence-corrected chi connectivity index (χ4v) is 3.40. The summed E-state index contributed by atoms with van der Waals surface area (Å²) in [5.41, 5.74) is 0.786. The molecule has 0 radical (unpaired) electrons. The molecule has 2 atom stereocenters. The first-order valence-electron chi connectivity index (χ1n) is 6.10. The normalized spacial score (nSPS) is 20.0. The van der Waals surface area contributed by atoms with E-state index in [0.29, 0.717) is 12.5 Å². The van der Waals surface area contributed by atoms with E-state index in [9.17, 15) is 4.79 Å². The van der Waals surface area contributed by atoms with Crippen molar-refractivity contribution >= 4 is 22.4 Å². The molecule has 1 heterocycles. The summed E-state index contributed by atoms with van der Waals surface area (Å²) in [6, 6.07) is 0.398. The maximum Gasteiger partial charge on any atom is 0.312 e. The average molecular weight is 254 g/mol. The van der Waals surface area contributed by atoms with Crippen LogP contribution in [0.3, 0.4) is 0 Å². The molecule has 0 amide bonds. The molecule has 0 saturated heterocycles. The van der Waals surface area contributed by atoms with Crippen molar-refractivity contribution in [1.82, 2.24) is 4.98 Å². The Bertz CT molecular complexity index is 417. The van der Waals surface area contributed by atoms with E-state index in [-0.39, 0.29) is 0 Å². The maximum absolute atomic E-state index is 11.0. The topological polar surface area (TPSA) is 62.2 Å². The molecule has 1 aromatic heterocycles. The van der Waals surface area contributed by atoms with Crippen molar-refractivity contribution in [2.24, 2.45) is 0 Å². The quantitative estimate of drug-likeness (QED) is 0.848. The van der Waals surface area contributed by atoms with Crippen LogP contribution in [0, 0.1) is 0 Å². The van der Waals surface area contributed by atoms with Crippen LogP contribution in [0.15, 0.2) is 0 Å². The molecule has 0 bridgehead atoms. The van der Waals surface area contributed by atoms with Gasteiger partial charge in [-0.05, 0) is 26.2 Å². The smallest absolute Gasteiger partial charge is 0.312 e. The third-order valence-electron chi connectivity index (χ3n) is 3.11. The summed E-state index contributed by atoms with van der Waals surface area (Å²) in [6.07, 6.45) is 3.80. The van der Waals surface area contributed by atoms with Crippen molar-refractivity contribution in [3.8, 4) is 0 Å². The number of aromatic nitrogens is 1. The summed E-state index contributed by atoms with van der Waals surface area (Å²) in [7, 11) is 0. The fourth-order valence-electron chi connectivity index (χ4n) is 2.25. The molecule has 94 valence electrons. The van der Waals surface area contributed by atoms with Gasteiger partial charge in [-0.15, -0.1) is 11.3 Å². The van der Waals surface area contributed by atoms with Crippen molar-refractivity contribution in [1.29, 1.82) is 0 Å². The van der Waals surface area contributed by atoms with Gasteiger partial charge in [-0.2, -0.15) is 0 Å². The first-order valence-corrected chi connectivity index (χ1v) is 6.92. The van der Waals surface area contributed by atoms with E-state index in [0.717, 1.165) is 35.0 Å². The third kappa shape index (κ3) is 2.60. The number of fused-ring (bicyclic) bond motifs is 1. The summed E-state index contributed by atoms with van der Waals surface area (Å²) in [5.74, 6) is -1.14. The van der Waals surface area contributed by atoms with Crippen LogP contribution in [-0.4, -0.2) is 22.1 Å². The summed E-state index contributed by atoms with van der Waals surface area (Å²) >= 11 is 1.61. The Kier molecular flexibility index (Phi) is 3.66. The van der Waals surface area contributed by atoms with Gasteiger partial charge in [-0.25, -0.2) is 4.98 Å². The second-order valence-electron chi connectivity index (χ2n) is 4.59. The van der Waals surface area contributed by atoms with E-state index in [2.05, 4.69) is 24.1 Å². The van der Waals surface area contributed by atoms with Gasteiger partial charge in [0, 0.05) is 10.9 Å². The number of rotatable bonds is 5. The number of aliphatic carboxylic acids is 1. The Morgan fingerprint density at radius 2 is 2.47 bits per heavy atom. The largest absolute Gasteiger partial charge is 0.481 e. The highest BCUT2D eigenvalue weighted by molar-refractivity contribution is 7.15. The van der Waals surface area contributed by atoms with Gasteiger partial charge < -0.3 is 10.4 Å². The Labute approximate surface area is 105 Å². The van der Waals surface area contributed by atoms with Gasteiger partial charge >= 0.3 is 5.97 Å². The highest BCUT2D eigenvalue weighted by Crippen LogP contribution is 2.38. The summed E-state index contributed by atoms with van der Waals surface area (Å²) in [4.78, 5) is 16.6. The molecule has 0 fully saturated rings. The van der Waals surface area contributed by atoms with E-state index in [4.69, 9.17) is 5.11 Å². The minimum atomic E-state index is -0.748. The van der Waals surface area contributed by atoms with E-state index in [1.807, 2.05) is 0 Å². The molecule has 2 rings (SSSR count). The zero-order valence-electron chi connectivity index (χ0n) is 10.2. The van der Waals surface area contributed by atoms with Crippen LogP contribution in [0.1, 0.15) is 49.6 Å². The van der Waals surface area contributed by atoms with Crippen LogP contribution in [0.5, 0.6) is 0 Å². The Morgan fingerprint density at radius 1 is 1.71 bits per heavy atom. The number of nitrogens with one attached hydrogen (secondary N) is 1. The highest BCUT2D eigenvalue weighted by atomic mass is 32.1. The SMILES string of the molecule is CCCC(C)Nc1nc2c(s1)CCC2C(=O)O. The predicted molar refractivity (Wildman–Crippen MR) is 68.8 cm³/mol. The summed E-state index contributed by atoms with van der Waals surface area (Å²) < 4.78 is 0. The Hall–Kier alpha value is -1.10. The number of anilines is 1. The first-order chi connectivity index (χ1) is 8.11. The molecule has 17 heavy (non-hydrogen) atoms. The number of aryl methyl sites for hydroxylation is 1. The standard InChI is InChI=1S/C12H18N2O2S/c1-3-4-7(2)13-12-14-10-8(11(15)16)5-6-9(10)17-12/h7-8H,3-6H2,1-2H3,(H,13,14)(H,15,16). The van der Waals surface area contributed by atoms with Gasteiger partial charge in [-0.1, -0.05) is 13.3 Å². The van der Waals surface area contributed by atoms with Crippen LogP contribution in [0.25, 0.3) is 0 Å². The zero-order chi connectivity index (χ0) is 12.4. The monoisotopic (exact) mass is 254 g/mol. The number of nitrogens with zero attached hydrogens (tertiary/aromatic N) is 1. The number of thiazole rings is 1. The van der Waals surface area contributed by atoms with E-state index in [1.54, 1.807) is 11.3 Å². The summed E-state index contributed by atoms with van der Waals surface area (Å²) in [6.45, 7) is 4.28. The molecule has 2 N–H and O–H groups in total. The molecular formula is C12H18N2O2S. The summed E-state index contributed by atoms with van der Waals surface area (Å²) in [5, 5.41) is 13.3. The van der Waals surface area contributed by atoms with Crippen molar-refractivity contribution in [3.05, 3.63) is 10.6 Å². The maximum atomic E-state index is 11.0. The lowest BCUT2D eigenvalue weighted by atomic mass is 10.1. The van der Waals surface area contributed by atoms with E-state index in [1.165, 1.54) is 0 Å². The van der Waals surface area contributed by atoms with Crippen LogP contribution in [0.2, 0.25) is 0 Å². The van der Waals surface area contributed by atoms with Gasteiger partial charge in [0.1, 0.15) is 5.92 Å². The molecule has 0 aliphatic heterocycles. The van der Waals surface area contributed by atoms with Crippen LogP contribution in [0.4, 0.5) is 5.13 Å². The Morgan fingerprint density at radius 3 is 3.12 bits per heavy atom. The molecule has 0 aromatic carbocycles. The lowest BCUT2D eigenvalue weighted by Gasteiger charge is -2.11. The minimum Gasteiger partial charge on any atom is -0.481 e. The molecular weight excluding hydrogens is 236 g/mol. The van der Waals surface area contributed by atoms with Crippen LogP contribution >= 0.6 is 11.3 Å². The molecule has 0 saturated carbocycles. The second kappa shape index (κ2) is 5.04. The molecule has 4 nitrogen and oxygen atoms in total. The van der Waals surface area contributed by atoms with E-state index < -0.39 is 11.9 Å². The lowest BCUT2D eigenvalue weighted by molar-refractivity contribution is -0.138. The van der Waals surface area contributed by atoms with Gasteiger partial charge in [0.05, 0.1) is 5.69 Å². The molecule has 1 aliphatic carbocycles. The second-order valence-corrected chi connectivity index (χ2v) is 5.67. The van der Waals surface area contributed by atoms with Gasteiger partial charge in [0.25, 0.3) is 0 Å². The van der Waals surface area contributed by atoms with Gasteiger partial charge in [-0.3, -0.25) is 4.79 Å². The Balaban J connectivity index is 2.08. The average Bonchev–Trinajstić information content (AvgIpc) is 2.76. The number of carbonyl (C=O) groups is 1. The third-order valence-corrected chi connectivity index (χ3v) is 4.17.